The second-order valence-electron chi connectivity index (χ2n) is 6.09. The third-order valence-electron chi connectivity index (χ3n) is 4.25. The number of benzene rings is 1. The van der Waals surface area contributed by atoms with Gasteiger partial charge in [-0.1, -0.05) is 31.9 Å². The number of halogens is 1. The minimum Gasteiger partial charge on any atom is -0.341 e. The zero-order valence-corrected chi connectivity index (χ0v) is 13.6. The van der Waals surface area contributed by atoms with Crippen molar-refractivity contribution in [2.75, 3.05) is 26.2 Å². The minimum absolute atomic E-state index is 0.191. The summed E-state index contributed by atoms with van der Waals surface area (Å²) in [7, 11) is 0. The van der Waals surface area contributed by atoms with Crippen LogP contribution in [0.1, 0.15) is 44.6 Å². The van der Waals surface area contributed by atoms with Gasteiger partial charge in [0.15, 0.2) is 0 Å². The fraction of sp³-hybridized carbons (Fsp3) is 0.611. The lowest BCUT2D eigenvalue weighted by Crippen LogP contribution is -2.34. The maximum Gasteiger partial charge on any atom is 0.222 e. The summed E-state index contributed by atoms with van der Waals surface area (Å²) in [6.07, 6.45) is 4.99. The van der Waals surface area contributed by atoms with Gasteiger partial charge in [0.2, 0.25) is 5.91 Å². The van der Waals surface area contributed by atoms with Crippen LogP contribution >= 0.6 is 0 Å². The molecule has 0 bridgehead atoms. The molecule has 1 amide bonds. The van der Waals surface area contributed by atoms with Crippen LogP contribution in [0, 0.1) is 5.82 Å². The number of carbonyl (C=O) groups is 1. The molecule has 0 radical (unpaired) electrons. The number of unbranched alkanes of at least 4 members (excludes halogenated alkanes) is 2. The Kier molecular flexibility index (Phi) is 6.84. The molecule has 0 aromatic heterocycles. The lowest BCUT2D eigenvalue weighted by molar-refractivity contribution is -0.131. The molecule has 2 rings (SSSR count). The summed E-state index contributed by atoms with van der Waals surface area (Å²) in [5.74, 6) is 0.112. The number of amides is 1. The molecular weight excluding hydrogens is 279 g/mol. The Labute approximate surface area is 133 Å². The summed E-state index contributed by atoms with van der Waals surface area (Å²) in [6, 6.07) is 6.70. The van der Waals surface area contributed by atoms with E-state index in [4.69, 9.17) is 0 Å². The molecular formula is C18H27FN2O. The first-order valence-corrected chi connectivity index (χ1v) is 8.43. The molecule has 1 fully saturated rings. The zero-order chi connectivity index (χ0) is 15.8. The van der Waals surface area contributed by atoms with Crippen LogP contribution in [0.25, 0.3) is 0 Å². The molecule has 1 aromatic rings. The van der Waals surface area contributed by atoms with Crippen LogP contribution < -0.4 is 0 Å². The minimum atomic E-state index is -0.191. The molecule has 0 unspecified atom stereocenters. The van der Waals surface area contributed by atoms with Crippen molar-refractivity contribution >= 4 is 5.91 Å². The molecule has 1 heterocycles. The van der Waals surface area contributed by atoms with Crippen molar-refractivity contribution in [3.05, 3.63) is 35.6 Å². The van der Waals surface area contributed by atoms with Gasteiger partial charge in [-0.3, -0.25) is 9.69 Å². The van der Waals surface area contributed by atoms with Gasteiger partial charge in [0, 0.05) is 39.1 Å². The number of hydrogen-bond donors (Lipinski definition) is 0. The molecule has 1 aliphatic rings. The van der Waals surface area contributed by atoms with Gasteiger partial charge in [0.05, 0.1) is 0 Å². The van der Waals surface area contributed by atoms with Crippen LogP contribution in [0.2, 0.25) is 0 Å². The van der Waals surface area contributed by atoms with Gasteiger partial charge < -0.3 is 4.90 Å². The van der Waals surface area contributed by atoms with Crippen molar-refractivity contribution in [3.8, 4) is 0 Å². The van der Waals surface area contributed by atoms with Gasteiger partial charge in [-0.2, -0.15) is 0 Å². The Morgan fingerprint density at radius 1 is 1.09 bits per heavy atom. The summed E-state index contributed by atoms with van der Waals surface area (Å²) in [5, 5.41) is 0. The Morgan fingerprint density at radius 2 is 1.86 bits per heavy atom. The standard InChI is InChI=1S/C18H27FN2O/c1-2-3-4-6-18(22)21-12-5-11-20(13-14-21)15-16-7-9-17(19)10-8-16/h7-10H,2-6,11-15H2,1H3. The third kappa shape index (κ3) is 5.41. The van der Waals surface area contributed by atoms with Crippen LogP contribution in [0.3, 0.4) is 0 Å². The molecule has 122 valence electrons. The Balaban J connectivity index is 1.79. The lowest BCUT2D eigenvalue weighted by atomic mass is 10.2. The topological polar surface area (TPSA) is 23.6 Å². The predicted molar refractivity (Wildman–Crippen MR) is 87.0 cm³/mol. The van der Waals surface area contributed by atoms with Gasteiger partial charge in [-0.05, 0) is 30.5 Å². The Hall–Kier alpha value is -1.42. The first-order valence-electron chi connectivity index (χ1n) is 8.43. The fourth-order valence-electron chi connectivity index (χ4n) is 2.91. The fourth-order valence-corrected chi connectivity index (χ4v) is 2.91. The highest BCUT2D eigenvalue weighted by atomic mass is 19.1. The molecule has 0 saturated carbocycles. The average Bonchev–Trinajstić information content (AvgIpc) is 2.75. The summed E-state index contributed by atoms with van der Waals surface area (Å²) < 4.78 is 12.9. The first kappa shape index (κ1) is 16.9. The smallest absolute Gasteiger partial charge is 0.222 e. The van der Waals surface area contributed by atoms with Crippen molar-refractivity contribution in [2.24, 2.45) is 0 Å². The second kappa shape index (κ2) is 8.89. The SMILES string of the molecule is CCCCCC(=O)N1CCCN(Cc2ccc(F)cc2)CC1. The van der Waals surface area contributed by atoms with E-state index in [9.17, 15) is 9.18 Å². The molecule has 0 aliphatic carbocycles. The maximum absolute atomic E-state index is 12.9. The van der Waals surface area contributed by atoms with Crippen LogP contribution in [0.5, 0.6) is 0 Å². The monoisotopic (exact) mass is 306 g/mol. The van der Waals surface area contributed by atoms with Gasteiger partial charge in [0.25, 0.3) is 0 Å². The number of carbonyl (C=O) groups excluding carboxylic acids is 1. The van der Waals surface area contributed by atoms with Crippen molar-refractivity contribution in [3.63, 3.8) is 0 Å². The van der Waals surface area contributed by atoms with E-state index < -0.39 is 0 Å². The molecule has 0 spiro atoms. The van der Waals surface area contributed by atoms with E-state index in [1.54, 1.807) is 0 Å². The molecule has 0 atom stereocenters. The first-order chi connectivity index (χ1) is 10.7. The van der Waals surface area contributed by atoms with E-state index in [1.807, 2.05) is 17.0 Å². The van der Waals surface area contributed by atoms with E-state index in [2.05, 4.69) is 11.8 Å². The van der Waals surface area contributed by atoms with Crippen molar-refractivity contribution in [2.45, 2.75) is 45.6 Å². The van der Waals surface area contributed by atoms with Gasteiger partial charge in [-0.25, -0.2) is 4.39 Å². The van der Waals surface area contributed by atoms with Crippen LogP contribution in [0.15, 0.2) is 24.3 Å². The maximum atomic E-state index is 12.9. The molecule has 1 aromatic carbocycles. The van der Waals surface area contributed by atoms with Crippen LogP contribution in [-0.4, -0.2) is 41.9 Å². The predicted octanol–water partition coefficient (Wildman–Crippen LogP) is 3.44. The largest absolute Gasteiger partial charge is 0.341 e. The van der Waals surface area contributed by atoms with Crippen LogP contribution in [0.4, 0.5) is 4.39 Å². The lowest BCUT2D eigenvalue weighted by Gasteiger charge is -2.22. The summed E-state index contributed by atoms with van der Waals surface area (Å²) in [5.41, 5.74) is 1.13. The molecule has 3 nitrogen and oxygen atoms in total. The average molecular weight is 306 g/mol. The molecule has 1 saturated heterocycles. The normalized spacial score (nSPS) is 16.5. The van der Waals surface area contributed by atoms with Crippen molar-refractivity contribution in [1.29, 1.82) is 0 Å². The Bertz CT molecular complexity index is 461. The van der Waals surface area contributed by atoms with Gasteiger partial charge in [-0.15, -0.1) is 0 Å². The summed E-state index contributed by atoms with van der Waals surface area (Å²) >= 11 is 0. The molecule has 0 N–H and O–H groups in total. The van der Waals surface area contributed by atoms with Crippen LogP contribution in [-0.2, 0) is 11.3 Å². The van der Waals surface area contributed by atoms with Gasteiger partial charge in [0.1, 0.15) is 5.82 Å². The number of nitrogens with zero attached hydrogens (tertiary/aromatic N) is 2. The third-order valence-corrected chi connectivity index (χ3v) is 4.25. The quantitative estimate of drug-likeness (QED) is 0.752. The number of rotatable bonds is 6. The highest BCUT2D eigenvalue weighted by molar-refractivity contribution is 5.76. The van der Waals surface area contributed by atoms with E-state index >= 15 is 0 Å². The molecule has 4 heteroatoms. The van der Waals surface area contributed by atoms with Crippen molar-refractivity contribution < 1.29 is 9.18 Å². The van der Waals surface area contributed by atoms with E-state index in [-0.39, 0.29) is 5.82 Å². The van der Waals surface area contributed by atoms with E-state index in [0.717, 1.165) is 64.0 Å². The van der Waals surface area contributed by atoms with E-state index in [1.165, 1.54) is 12.1 Å². The zero-order valence-electron chi connectivity index (χ0n) is 13.6. The summed E-state index contributed by atoms with van der Waals surface area (Å²) in [4.78, 5) is 16.6. The molecule has 22 heavy (non-hydrogen) atoms. The van der Waals surface area contributed by atoms with Crippen molar-refractivity contribution in [1.82, 2.24) is 9.80 Å². The van der Waals surface area contributed by atoms with E-state index in [0.29, 0.717) is 12.3 Å². The highest BCUT2D eigenvalue weighted by Gasteiger charge is 2.18. The summed E-state index contributed by atoms with van der Waals surface area (Å²) in [6.45, 7) is 6.56. The second-order valence-corrected chi connectivity index (χ2v) is 6.09. The Morgan fingerprint density at radius 3 is 2.59 bits per heavy atom. The number of hydrogen-bond acceptors (Lipinski definition) is 2. The highest BCUT2D eigenvalue weighted by Crippen LogP contribution is 2.11. The van der Waals surface area contributed by atoms with Gasteiger partial charge >= 0.3 is 0 Å². The molecule has 1 aliphatic heterocycles.